The van der Waals surface area contributed by atoms with Crippen LogP contribution in [0.25, 0.3) is 134 Å². The van der Waals surface area contributed by atoms with Gasteiger partial charge in [0.15, 0.2) is 17.2 Å². The monoisotopic (exact) mass is 846 g/mol. The maximum absolute atomic E-state index is 6.97. The van der Waals surface area contributed by atoms with E-state index in [9.17, 15) is 0 Å². The first-order valence-corrected chi connectivity index (χ1v) is 22.0. The number of nitrogens with zero attached hydrogens (tertiary/aromatic N) is 6. The molecule has 66 heavy (non-hydrogen) atoms. The Hall–Kier alpha value is -9.14. The lowest BCUT2D eigenvalue weighted by atomic mass is 10.00. The van der Waals surface area contributed by atoms with Crippen LogP contribution in [0.4, 0.5) is 0 Å². The number of oxazole rings is 1. The summed E-state index contributed by atoms with van der Waals surface area (Å²) in [5, 5.41) is 6.41. The lowest BCUT2D eigenvalue weighted by Gasteiger charge is -2.15. The maximum Gasteiger partial charge on any atom is 0.238 e. The number of fused-ring (bicyclic) bond motifs is 11. The minimum Gasteiger partial charge on any atom is -0.455 e. The molecular weight excluding hydrogens is 813 g/mol. The van der Waals surface area contributed by atoms with Gasteiger partial charge in [-0.2, -0.15) is 9.97 Å². The van der Waals surface area contributed by atoms with Crippen molar-refractivity contribution in [3.8, 4) is 57.0 Å². The Morgan fingerprint density at radius 2 is 0.894 bits per heavy atom. The Kier molecular flexibility index (Phi) is 7.81. The van der Waals surface area contributed by atoms with Crippen LogP contribution in [0.2, 0.25) is 0 Å². The number of aromatic nitrogens is 6. The minimum atomic E-state index is 0.530. The van der Waals surface area contributed by atoms with E-state index in [4.69, 9.17) is 28.8 Å². The fourth-order valence-corrected chi connectivity index (χ4v) is 9.93. The van der Waals surface area contributed by atoms with Gasteiger partial charge in [0.05, 0.1) is 33.1 Å². The molecule has 0 atom stereocenters. The van der Waals surface area contributed by atoms with E-state index in [0.717, 1.165) is 105 Å². The summed E-state index contributed by atoms with van der Waals surface area (Å²) in [6.07, 6.45) is 0. The first-order chi connectivity index (χ1) is 32.7. The average Bonchev–Trinajstić information content (AvgIpc) is 4.17. The molecule has 0 spiro atoms. The molecule has 14 rings (SSSR count). The average molecular weight is 847 g/mol. The van der Waals surface area contributed by atoms with Gasteiger partial charge in [0.2, 0.25) is 11.8 Å². The van der Waals surface area contributed by atoms with E-state index < -0.39 is 0 Å². The predicted octanol–water partition coefficient (Wildman–Crippen LogP) is 14.8. The molecule has 0 amide bonds. The van der Waals surface area contributed by atoms with Crippen LogP contribution in [0.3, 0.4) is 0 Å². The molecule has 8 nitrogen and oxygen atoms in total. The third kappa shape index (κ3) is 5.39. The number of furan rings is 1. The van der Waals surface area contributed by atoms with E-state index >= 15 is 0 Å². The van der Waals surface area contributed by atoms with Crippen molar-refractivity contribution in [3.05, 3.63) is 206 Å². The lowest BCUT2D eigenvalue weighted by molar-refractivity contribution is 0.620. The van der Waals surface area contributed by atoms with Crippen molar-refractivity contribution in [1.82, 2.24) is 29.1 Å². The molecule has 14 aromatic rings. The maximum atomic E-state index is 6.97. The standard InChI is InChI=1S/C58H34N6O2/c1-4-17-35(18-5-1)55-60-56(36-19-6-2-7-20-36)62-58(61-55)64-47-29-14-11-24-39(47)41-32-31-40-38-23-10-13-28-46(38)63(51(40)52(41)64)48-34-33-43(54-50(48)44-25-12-15-30-49(44)65-54)42-26-16-27-45-53(42)66-57(59-45)37-21-8-3-9-22-37/h1-34H. The van der Waals surface area contributed by atoms with Crippen molar-refractivity contribution in [2.45, 2.75) is 0 Å². The van der Waals surface area contributed by atoms with E-state index in [2.05, 4.69) is 100 Å². The summed E-state index contributed by atoms with van der Waals surface area (Å²) in [4.78, 5) is 20.6. The van der Waals surface area contributed by atoms with E-state index in [1.807, 2.05) is 115 Å². The Bertz CT molecular complexity index is 4170. The van der Waals surface area contributed by atoms with Crippen LogP contribution in [-0.4, -0.2) is 29.1 Å². The quantitative estimate of drug-likeness (QED) is 0.166. The highest BCUT2D eigenvalue weighted by Crippen LogP contribution is 2.46. The third-order valence-electron chi connectivity index (χ3n) is 12.8. The van der Waals surface area contributed by atoms with Gasteiger partial charge in [-0.05, 0) is 48.5 Å². The van der Waals surface area contributed by atoms with Crippen molar-refractivity contribution >= 4 is 76.6 Å². The molecule has 8 heteroatoms. The normalized spacial score (nSPS) is 11.9. The summed E-state index contributed by atoms with van der Waals surface area (Å²) < 4.78 is 18.2. The summed E-state index contributed by atoms with van der Waals surface area (Å²) in [5.74, 6) is 2.29. The second-order valence-electron chi connectivity index (χ2n) is 16.6. The van der Waals surface area contributed by atoms with Gasteiger partial charge in [0.1, 0.15) is 16.7 Å². The smallest absolute Gasteiger partial charge is 0.238 e. The molecule has 5 aromatic heterocycles. The summed E-state index contributed by atoms with van der Waals surface area (Å²) >= 11 is 0. The molecule has 5 heterocycles. The topological polar surface area (TPSA) is 87.7 Å². The van der Waals surface area contributed by atoms with E-state index in [-0.39, 0.29) is 0 Å². The molecule has 0 radical (unpaired) electrons. The molecular formula is C58H34N6O2. The first kappa shape index (κ1) is 36.4. The zero-order valence-electron chi connectivity index (χ0n) is 35.1. The van der Waals surface area contributed by atoms with E-state index in [0.29, 0.717) is 29.1 Å². The van der Waals surface area contributed by atoms with Gasteiger partial charge in [-0.1, -0.05) is 158 Å². The Labute approximate surface area is 376 Å². The molecule has 0 aliphatic rings. The molecule has 0 saturated heterocycles. The minimum absolute atomic E-state index is 0.530. The molecule has 0 aliphatic heterocycles. The van der Waals surface area contributed by atoms with E-state index in [1.54, 1.807) is 0 Å². The van der Waals surface area contributed by atoms with E-state index in [1.165, 1.54) is 0 Å². The predicted molar refractivity (Wildman–Crippen MR) is 265 cm³/mol. The van der Waals surface area contributed by atoms with Gasteiger partial charge < -0.3 is 13.4 Å². The highest BCUT2D eigenvalue weighted by Gasteiger charge is 2.27. The fraction of sp³-hybridized carbons (Fsp3) is 0. The highest BCUT2D eigenvalue weighted by molar-refractivity contribution is 6.25. The second-order valence-corrected chi connectivity index (χ2v) is 16.6. The number of benzene rings is 9. The summed E-state index contributed by atoms with van der Waals surface area (Å²) in [6, 6.07) is 70.8. The highest BCUT2D eigenvalue weighted by atomic mass is 16.3. The Morgan fingerprint density at radius 1 is 0.348 bits per heavy atom. The molecule has 0 saturated carbocycles. The first-order valence-electron chi connectivity index (χ1n) is 22.0. The van der Waals surface area contributed by atoms with Crippen LogP contribution in [-0.2, 0) is 0 Å². The number of hydrogen-bond donors (Lipinski definition) is 0. The van der Waals surface area contributed by atoms with Crippen molar-refractivity contribution < 1.29 is 8.83 Å². The van der Waals surface area contributed by atoms with Crippen molar-refractivity contribution in [1.29, 1.82) is 0 Å². The zero-order chi connectivity index (χ0) is 43.3. The van der Waals surface area contributed by atoms with Crippen LogP contribution >= 0.6 is 0 Å². The van der Waals surface area contributed by atoms with Gasteiger partial charge >= 0.3 is 0 Å². The van der Waals surface area contributed by atoms with Crippen molar-refractivity contribution in [2.24, 2.45) is 0 Å². The lowest BCUT2D eigenvalue weighted by Crippen LogP contribution is -2.07. The molecule has 0 N–H and O–H groups in total. The molecule has 0 fully saturated rings. The largest absolute Gasteiger partial charge is 0.455 e. The second kappa shape index (κ2) is 14.2. The summed E-state index contributed by atoms with van der Waals surface area (Å²) in [7, 11) is 0. The van der Waals surface area contributed by atoms with Crippen LogP contribution in [0.5, 0.6) is 0 Å². The van der Waals surface area contributed by atoms with Gasteiger partial charge in [0.25, 0.3) is 0 Å². The van der Waals surface area contributed by atoms with Gasteiger partial charge in [-0.15, -0.1) is 0 Å². The summed E-state index contributed by atoms with van der Waals surface area (Å²) in [6.45, 7) is 0. The molecule has 9 aromatic carbocycles. The van der Waals surface area contributed by atoms with Crippen LogP contribution < -0.4 is 0 Å². The summed E-state index contributed by atoms with van der Waals surface area (Å²) in [5.41, 5.74) is 12.6. The molecule has 0 aliphatic carbocycles. The van der Waals surface area contributed by atoms with Crippen LogP contribution in [0.15, 0.2) is 215 Å². The fourth-order valence-electron chi connectivity index (χ4n) is 9.93. The third-order valence-corrected chi connectivity index (χ3v) is 12.8. The molecule has 308 valence electrons. The Morgan fingerprint density at radius 3 is 1.56 bits per heavy atom. The zero-order valence-corrected chi connectivity index (χ0v) is 35.1. The number of para-hydroxylation sites is 4. The molecule has 0 bridgehead atoms. The van der Waals surface area contributed by atoms with Crippen LogP contribution in [0.1, 0.15) is 0 Å². The van der Waals surface area contributed by atoms with Gasteiger partial charge in [0, 0.05) is 54.7 Å². The Balaban J connectivity index is 1.10. The van der Waals surface area contributed by atoms with Gasteiger partial charge in [-0.3, -0.25) is 4.57 Å². The number of rotatable bonds is 6. The molecule has 0 unspecified atom stereocenters. The van der Waals surface area contributed by atoms with Gasteiger partial charge in [-0.25, -0.2) is 9.97 Å². The van der Waals surface area contributed by atoms with Crippen LogP contribution in [0, 0.1) is 0 Å². The SMILES string of the molecule is c1ccc(-c2nc(-c3ccccc3)nc(-n3c4ccccc4c4ccc5c6ccccc6n(-c6ccc(-c7cccc8nc(-c9ccccc9)oc78)c7oc8ccccc8c67)c5c43)n2)cc1. The number of hydrogen-bond acceptors (Lipinski definition) is 6. The van der Waals surface area contributed by atoms with Crippen molar-refractivity contribution in [2.75, 3.05) is 0 Å². The van der Waals surface area contributed by atoms with Crippen molar-refractivity contribution in [3.63, 3.8) is 0 Å².